The molecule has 2 aliphatic rings. The van der Waals surface area contributed by atoms with Crippen LogP contribution in [0.4, 0.5) is 0 Å². The van der Waals surface area contributed by atoms with Gasteiger partial charge in [-0.05, 0) is 50.9 Å². The highest BCUT2D eigenvalue weighted by Crippen LogP contribution is 2.19. The van der Waals surface area contributed by atoms with Crippen molar-refractivity contribution >= 4 is 5.91 Å². The van der Waals surface area contributed by atoms with Gasteiger partial charge in [-0.2, -0.15) is 0 Å². The first-order valence-electron chi connectivity index (χ1n) is 9.70. The molecular weight excluding hydrogens is 326 g/mol. The van der Waals surface area contributed by atoms with Crippen LogP contribution in [0.25, 0.3) is 0 Å². The molecule has 0 saturated carbocycles. The Morgan fingerprint density at radius 3 is 2.62 bits per heavy atom. The number of likely N-dealkylation sites (tertiary alicyclic amines) is 1. The fraction of sp³-hybridized carbons (Fsp3) is 0.550. The molecule has 1 saturated heterocycles. The van der Waals surface area contributed by atoms with Crippen molar-refractivity contribution in [2.75, 3.05) is 19.6 Å². The van der Waals surface area contributed by atoms with E-state index in [0.717, 1.165) is 61.9 Å². The Hall–Kier alpha value is -2.21. The van der Waals surface area contributed by atoms with Gasteiger partial charge in [0.05, 0.1) is 13.1 Å². The molecule has 6 heteroatoms. The van der Waals surface area contributed by atoms with Crippen molar-refractivity contribution in [3.05, 3.63) is 47.0 Å². The molecule has 1 aromatic carbocycles. The van der Waals surface area contributed by atoms with Crippen molar-refractivity contribution < 1.29 is 4.79 Å². The fourth-order valence-electron chi connectivity index (χ4n) is 4.01. The molecule has 0 aliphatic carbocycles. The summed E-state index contributed by atoms with van der Waals surface area (Å²) in [4.78, 5) is 17.4. The van der Waals surface area contributed by atoms with Crippen LogP contribution >= 0.6 is 0 Å². The molecule has 0 atom stereocenters. The van der Waals surface area contributed by atoms with Gasteiger partial charge in [-0.15, -0.1) is 10.2 Å². The minimum absolute atomic E-state index is 0.0946. The third-order valence-corrected chi connectivity index (χ3v) is 5.52. The van der Waals surface area contributed by atoms with Gasteiger partial charge in [0, 0.05) is 18.7 Å². The molecule has 2 aliphatic heterocycles. The summed E-state index contributed by atoms with van der Waals surface area (Å²) in [7, 11) is 0. The van der Waals surface area contributed by atoms with Crippen molar-refractivity contribution in [3.8, 4) is 0 Å². The van der Waals surface area contributed by atoms with Gasteiger partial charge in [-0.25, -0.2) is 0 Å². The van der Waals surface area contributed by atoms with E-state index >= 15 is 0 Å². The predicted octanol–water partition coefficient (Wildman–Crippen LogP) is 2.62. The number of aromatic nitrogens is 3. The normalized spacial score (nSPS) is 18.4. The topological polar surface area (TPSA) is 54.3 Å². The van der Waals surface area contributed by atoms with Gasteiger partial charge in [-0.3, -0.25) is 9.69 Å². The van der Waals surface area contributed by atoms with Crippen LogP contribution in [0.2, 0.25) is 0 Å². The molecule has 0 N–H and O–H groups in total. The minimum atomic E-state index is 0.0946. The lowest BCUT2D eigenvalue weighted by Gasteiger charge is -2.25. The molecule has 0 unspecified atom stereocenters. The fourth-order valence-corrected chi connectivity index (χ4v) is 4.01. The smallest absolute Gasteiger partial charge is 0.254 e. The van der Waals surface area contributed by atoms with Crippen molar-refractivity contribution in [2.24, 2.45) is 0 Å². The molecule has 0 bridgehead atoms. The summed E-state index contributed by atoms with van der Waals surface area (Å²) >= 11 is 0. The maximum absolute atomic E-state index is 13.0. The van der Waals surface area contributed by atoms with Crippen LogP contribution in [0, 0.1) is 6.92 Å². The predicted molar refractivity (Wildman–Crippen MR) is 99.7 cm³/mol. The molecule has 6 nitrogen and oxygen atoms in total. The van der Waals surface area contributed by atoms with Gasteiger partial charge in [0.15, 0.2) is 5.82 Å². The molecule has 0 radical (unpaired) electrons. The van der Waals surface area contributed by atoms with Crippen LogP contribution in [-0.4, -0.2) is 50.1 Å². The zero-order valence-electron chi connectivity index (χ0n) is 15.5. The van der Waals surface area contributed by atoms with E-state index in [1.807, 2.05) is 36.1 Å². The van der Waals surface area contributed by atoms with Crippen molar-refractivity contribution in [3.63, 3.8) is 0 Å². The quantitative estimate of drug-likeness (QED) is 0.851. The summed E-state index contributed by atoms with van der Waals surface area (Å²) in [5.74, 6) is 2.06. The van der Waals surface area contributed by atoms with Gasteiger partial charge in [0.2, 0.25) is 0 Å². The Balaban J connectivity index is 1.50. The van der Waals surface area contributed by atoms with Gasteiger partial charge < -0.3 is 9.47 Å². The largest absolute Gasteiger partial charge is 0.331 e. The highest BCUT2D eigenvalue weighted by Gasteiger charge is 2.25. The molecule has 1 amide bonds. The van der Waals surface area contributed by atoms with E-state index in [-0.39, 0.29) is 5.91 Å². The lowest BCUT2D eigenvalue weighted by molar-refractivity contribution is 0.0743. The SMILES string of the molecule is Cc1ccccc1C(=O)N1CCCn2c(CN3CCCCC3)nnc2C1. The second kappa shape index (κ2) is 7.58. The van der Waals surface area contributed by atoms with E-state index in [9.17, 15) is 4.79 Å². The number of rotatable bonds is 3. The standard InChI is InChI=1S/C20H27N5O/c1-16-8-3-4-9-17(16)20(26)24-12-7-13-25-18(21-22-19(25)15-24)14-23-10-5-2-6-11-23/h3-4,8-9H,2,5-7,10-15H2,1H3. The van der Waals surface area contributed by atoms with E-state index in [1.165, 1.54) is 19.3 Å². The van der Waals surface area contributed by atoms with Crippen LogP contribution in [-0.2, 0) is 19.6 Å². The third-order valence-electron chi connectivity index (χ3n) is 5.52. The Morgan fingerprint density at radius 2 is 1.81 bits per heavy atom. The Bertz CT molecular complexity index is 778. The molecule has 4 rings (SSSR count). The number of carbonyl (C=O) groups is 1. The first-order valence-corrected chi connectivity index (χ1v) is 9.70. The van der Waals surface area contributed by atoms with Gasteiger partial charge in [0.1, 0.15) is 5.82 Å². The molecule has 2 aromatic rings. The lowest BCUT2D eigenvalue weighted by atomic mass is 10.1. The van der Waals surface area contributed by atoms with Crippen LogP contribution in [0.3, 0.4) is 0 Å². The number of carbonyl (C=O) groups excluding carboxylic acids is 1. The molecule has 138 valence electrons. The number of fused-ring (bicyclic) bond motifs is 1. The minimum Gasteiger partial charge on any atom is -0.331 e. The summed E-state index contributed by atoms with van der Waals surface area (Å²) in [6.45, 7) is 7.37. The van der Waals surface area contributed by atoms with Gasteiger partial charge in [-0.1, -0.05) is 24.6 Å². The monoisotopic (exact) mass is 353 g/mol. The molecule has 1 fully saturated rings. The molecule has 1 aromatic heterocycles. The van der Waals surface area contributed by atoms with E-state index < -0.39 is 0 Å². The van der Waals surface area contributed by atoms with Crippen LogP contribution in [0.5, 0.6) is 0 Å². The van der Waals surface area contributed by atoms with E-state index in [0.29, 0.717) is 6.54 Å². The second-order valence-corrected chi connectivity index (χ2v) is 7.42. The van der Waals surface area contributed by atoms with Gasteiger partial charge in [0.25, 0.3) is 5.91 Å². The van der Waals surface area contributed by atoms with Crippen LogP contribution in [0.15, 0.2) is 24.3 Å². The first-order chi connectivity index (χ1) is 12.7. The summed E-state index contributed by atoms with van der Waals surface area (Å²) in [5.41, 5.74) is 1.81. The number of hydrogen-bond acceptors (Lipinski definition) is 4. The maximum Gasteiger partial charge on any atom is 0.254 e. The first kappa shape index (κ1) is 17.2. The maximum atomic E-state index is 13.0. The van der Waals surface area contributed by atoms with Crippen LogP contribution < -0.4 is 0 Å². The zero-order chi connectivity index (χ0) is 17.9. The Labute approximate surface area is 154 Å². The highest BCUT2D eigenvalue weighted by atomic mass is 16.2. The summed E-state index contributed by atoms with van der Waals surface area (Å²) in [6.07, 6.45) is 4.83. The molecular formula is C20H27N5O. The van der Waals surface area contributed by atoms with Crippen LogP contribution in [0.1, 0.15) is 53.3 Å². The second-order valence-electron chi connectivity index (χ2n) is 7.42. The van der Waals surface area contributed by atoms with Crippen molar-refractivity contribution in [1.29, 1.82) is 0 Å². The zero-order valence-corrected chi connectivity index (χ0v) is 15.5. The number of hydrogen-bond donors (Lipinski definition) is 0. The van der Waals surface area contributed by atoms with E-state index in [4.69, 9.17) is 0 Å². The Morgan fingerprint density at radius 1 is 1.00 bits per heavy atom. The molecule has 0 spiro atoms. The summed E-state index contributed by atoms with van der Waals surface area (Å²) in [6, 6.07) is 7.80. The third kappa shape index (κ3) is 3.51. The molecule has 3 heterocycles. The number of nitrogens with zero attached hydrogens (tertiary/aromatic N) is 5. The van der Waals surface area contributed by atoms with E-state index in [1.54, 1.807) is 0 Å². The molecule has 26 heavy (non-hydrogen) atoms. The van der Waals surface area contributed by atoms with E-state index in [2.05, 4.69) is 19.7 Å². The number of benzene rings is 1. The number of piperidine rings is 1. The van der Waals surface area contributed by atoms with Gasteiger partial charge >= 0.3 is 0 Å². The van der Waals surface area contributed by atoms with Crippen molar-refractivity contribution in [1.82, 2.24) is 24.6 Å². The van der Waals surface area contributed by atoms with Crippen molar-refractivity contribution in [2.45, 2.75) is 52.2 Å². The Kier molecular flexibility index (Phi) is 5.02. The number of amides is 1. The average Bonchev–Trinajstić information content (AvgIpc) is 2.90. The summed E-state index contributed by atoms with van der Waals surface area (Å²) in [5, 5.41) is 8.87. The summed E-state index contributed by atoms with van der Waals surface area (Å²) < 4.78 is 2.24. The lowest BCUT2D eigenvalue weighted by Crippen LogP contribution is -2.31. The highest BCUT2D eigenvalue weighted by molar-refractivity contribution is 5.95. The number of aryl methyl sites for hydroxylation is 1. The average molecular weight is 353 g/mol.